The second kappa shape index (κ2) is 12.0. The molecule has 0 aromatic heterocycles. The van der Waals surface area contributed by atoms with E-state index >= 15 is 0 Å². The molecule has 1 amide bonds. The highest BCUT2D eigenvalue weighted by molar-refractivity contribution is 6.31. The maximum Gasteiger partial charge on any atom is 0.251 e. The van der Waals surface area contributed by atoms with Crippen molar-refractivity contribution in [3.8, 4) is 5.75 Å². The second-order valence-electron chi connectivity index (χ2n) is 6.42. The van der Waals surface area contributed by atoms with Crippen LogP contribution in [0.3, 0.4) is 0 Å². The van der Waals surface area contributed by atoms with E-state index in [1.807, 2.05) is 49.4 Å². The fourth-order valence-electron chi connectivity index (χ4n) is 2.83. The van der Waals surface area contributed by atoms with Crippen molar-refractivity contribution in [2.45, 2.75) is 19.8 Å². The third-order valence-electron chi connectivity index (χ3n) is 4.38. The highest BCUT2D eigenvalue weighted by Crippen LogP contribution is 2.22. The quantitative estimate of drug-likeness (QED) is 0.434. The van der Waals surface area contributed by atoms with Crippen molar-refractivity contribution in [2.24, 2.45) is 4.99 Å². The predicted molar refractivity (Wildman–Crippen MR) is 119 cm³/mol. The van der Waals surface area contributed by atoms with Crippen LogP contribution in [0.2, 0.25) is 5.02 Å². The van der Waals surface area contributed by atoms with Gasteiger partial charge in [-0.25, -0.2) is 0 Å². The first-order chi connectivity index (χ1) is 14.1. The number of aliphatic imine (C=N–C) groups is 1. The molecule has 2 aromatic carbocycles. The average Bonchev–Trinajstić information content (AvgIpc) is 2.74. The Hall–Kier alpha value is -2.73. The molecule has 3 N–H and O–H groups in total. The molecule has 156 valence electrons. The van der Waals surface area contributed by atoms with E-state index in [-0.39, 0.29) is 5.91 Å². The number of methoxy groups -OCH3 is 1. The number of nitrogens with zero attached hydrogens (tertiary/aromatic N) is 1. The van der Waals surface area contributed by atoms with Gasteiger partial charge < -0.3 is 20.7 Å². The number of carbonyl (C=O) groups excluding carboxylic acids is 1. The first-order valence-electron chi connectivity index (χ1n) is 9.73. The van der Waals surface area contributed by atoms with E-state index in [4.69, 9.17) is 16.3 Å². The van der Waals surface area contributed by atoms with Crippen molar-refractivity contribution < 1.29 is 9.53 Å². The van der Waals surface area contributed by atoms with Gasteiger partial charge in [-0.2, -0.15) is 0 Å². The number of benzene rings is 2. The molecule has 0 fully saturated rings. The Kier molecular flexibility index (Phi) is 9.31. The molecule has 7 heteroatoms. The Morgan fingerprint density at radius 2 is 1.97 bits per heavy atom. The largest absolute Gasteiger partial charge is 0.497 e. The summed E-state index contributed by atoms with van der Waals surface area (Å²) in [7, 11) is 3.26. The maximum atomic E-state index is 11.8. The van der Waals surface area contributed by atoms with Crippen LogP contribution in [0.25, 0.3) is 0 Å². The highest BCUT2D eigenvalue weighted by atomic mass is 35.5. The van der Waals surface area contributed by atoms with Crippen LogP contribution in [-0.4, -0.2) is 45.7 Å². The minimum atomic E-state index is -0.0769. The first kappa shape index (κ1) is 22.6. The normalized spacial score (nSPS) is 11.1. The van der Waals surface area contributed by atoms with Gasteiger partial charge in [-0.15, -0.1) is 0 Å². The summed E-state index contributed by atoms with van der Waals surface area (Å²) in [5.41, 5.74) is 2.81. The molecular weight excluding hydrogens is 388 g/mol. The van der Waals surface area contributed by atoms with E-state index < -0.39 is 0 Å². The third-order valence-corrected chi connectivity index (χ3v) is 4.73. The Labute approximate surface area is 177 Å². The monoisotopic (exact) mass is 416 g/mol. The summed E-state index contributed by atoms with van der Waals surface area (Å²) in [6, 6.07) is 13.3. The Morgan fingerprint density at radius 3 is 2.66 bits per heavy atom. The summed E-state index contributed by atoms with van der Waals surface area (Å²) in [5, 5.41) is 9.92. The van der Waals surface area contributed by atoms with Gasteiger partial charge in [-0.05, 0) is 55.2 Å². The smallest absolute Gasteiger partial charge is 0.251 e. The Balaban J connectivity index is 1.88. The number of hydrogen-bond donors (Lipinski definition) is 3. The molecule has 0 aliphatic rings. The molecule has 0 spiro atoms. The summed E-state index contributed by atoms with van der Waals surface area (Å²) in [4.78, 5) is 16.4. The van der Waals surface area contributed by atoms with Gasteiger partial charge in [0, 0.05) is 37.3 Å². The molecule has 0 bridgehead atoms. The molecule has 0 aliphatic carbocycles. The minimum Gasteiger partial charge on any atom is -0.497 e. The van der Waals surface area contributed by atoms with Crippen molar-refractivity contribution in [3.05, 3.63) is 64.2 Å². The van der Waals surface area contributed by atoms with Gasteiger partial charge in [0.2, 0.25) is 0 Å². The predicted octanol–water partition coefficient (Wildman–Crippen LogP) is 3.05. The Morgan fingerprint density at radius 1 is 1.14 bits per heavy atom. The van der Waals surface area contributed by atoms with Crippen LogP contribution in [0.4, 0.5) is 0 Å². The van der Waals surface area contributed by atoms with E-state index in [0.717, 1.165) is 42.2 Å². The zero-order valence-corrected chi connectivity index (χ0v) is 18.0. The van der Waals surface area contributed by atoms with Crippen molar-refractivity contribution in [1.82, 2.24) is 16.0 Å². The van der Waals surface area contributed by atoms with Gasteiger partial charge in [0.25, 0.3) is 5.91 Å². The molecule has 0 radical (unpaired) electrons. The number of amides is 1. The topological polar surface area (TPSA) is 74.8 Å². The standard InChI is InChI=1S/C22H29ClN4O2/c1-4-25-22(27-13-11-17-8-9-19(29-3)15-20(17)23)26-12-10-16-6-5-7-18(14-16)21(28)24-2/h5-9,14-15H,4,10-13H2,1-3H3,(H,24,28)(H2,25,26,27). The van der Waals surface area contributed by atoms with Gasteiger partial charge in [-0.1, -0.05) is 29.8 Å². The molecule has 2 aromatic rings. The average molecular weight is 417 g/mol. The van der Waals surface area contributed by atoms with Crippen LogP contribution >= 0.6 is 11.6 Å². The summed E-state index contributed by atoms with van der Waals surface area (Å²) in [5.74, 6) is 1.43. The van der Waals surface area contributed by atoms with Gasteiger partial charge in [0.15, 0.2) is 5.96 Å². The highest BCUT2D eigenvalue weighted by Gasteiger charge is 2.05. The van der Waals surface area contributed by atoms with E-state index in [9.17, 15) is 4.79 Å². The molecule has 29 heavy (non-hydrogen) atoms. The lowest BCUT2D eigenvalue weighted by molar-refractivity contribution is 0.0963. The molecule has 0 unspecified atom stereocenters. The Bertz CT molecular complexity index is 839. The molecule has 0 saturated heterocycles. The van der Waals surface area contributed by atoms with E-state index in [1.165, 1.54) is 0 Å². The molecule has 2 rings (SSSR count). The lowest BCUT2D eigenvalue weighted by atomic mass is 10.1. The van der Waals surface area contributed by atoms with Crippen molar-refractivity contribution in [3.63, 3.8) is 0 Å². The number of hydrogen-bond acceptors (Lipinski definition) is 3. The first-order valence-corrected chi connectivity index (χ1v) is 10.1. The summed E-state index contributed by atoms with van der Waals surface area (Å²) < 4.78 is 5.18. The SMILES string of the molecule is CCNC(=NCCc1ccc(OC)cc1Cl)NCCc1cccc(C(=O)NC)c1. The summed E-state index contributed by atoms with van der Waals surface area (Å²) >= 11 is 6.29. The third kappa shape index (κ3) is 7.31. The van der Waals surface area contributed by atoms with Gasteiger partial charge in [0.1, 0.15) is 5.75 Å². The lowest BCUT2D eigenvalue weighted by Gasteiger charge is -2.12. The van der Waals surface area contributed by atoms with Gasteiger partial charge in [0.05, 0.1) is 7.11 Å². The number of nitrogens with one attached hydrogen (secondary N) is 3. The molecule has 6 nitrogen and oxygen atoms in total. The summed E-state index contributed by atoms with van der Waals surface area (Å²) in [6.07, 6.45) is 1.53. The zero-order chi connectivity index (χ0) is 21.1. The molecule has 0 heterocycles. The molecular formula is C22H29ClN4O2. The molecule has 0 aliphatic heterocycles. The maximum absolute atomic E-state index is 11.8. The van der Waals surface area contributed by atoms with Crippen molar-refractivity contribution in [2.75, 3.05) is 33.8 Å². The summed E-state index contributed by atoms with van der Waals surface area (Å²) in [6.45, 7) is 4.14. The number of halogens is 1. The van der Waals surface area contributed by atoms with Crippen LogP contribution in [0, 0.1) is 0 Å². The van der Waals surface area contributed by atoms with Crippen LogP contribution in [0.15, 0.2) is 47.5 Å². The number of carbonyl (C=O) groups is 1. The van der Waals surface area contributed by atoms with Gasteiger partial charge in [-0.3, -0.25) is 9.79 Å². The van der Waals surface area contributed by atoms with E-state index in [0.29, 0.717) is 23.7 Å². The minimum absolute atomic E-state index is 0.0769. The second-order valence-corrected chi connectivity index (χ2v) is 6.83. The zero-order valence-electron chi connectivity index (χ0n) is 17.2. The lowest BCUT2D eigenvalue weighted by Crippen LogP contribution is -2.38. The number of guanidine groups is 1. The van der Waals surface area contributed by atoms with Crippen molar-refractivity contribution in [1.29, 1.82) is 0 Å². The van der Waals surface area contributed by atoms with Crippen LogP contribution in [0.5, 0.6) is 5.75 Å². The van der Waals surface area contributed by atoms with Crippen LogP contribution in [-0.2, 0) is 12.8 Å². The van der Waals surface area contributed by atoms with E-state index in [1.54, 1.807) is 14.2 Å². The van der Waals surface area contributed by atoms with Gasteiger partial charge >= 0.3 is 0 Å². The fraction of sp³-hybridized carbons (Fsp3) is 0.364. The fourth-order valence-corrected chi connectivity index (χ4v) is 3.09. The van der Waals surface area contributed by atoms with Crippen LogP contribution < -0.4 is 20.7 Å². The van der Waals surface area contributed by atoms with E-state index in [2.05, 4.69) is 20.9 Å². The number of rotatable bonds is 9. The number of ether oxygens (including phenoxy) is 1. The molecule has 0 atom stereocenters. The van der Waals surface area contributed by atoms with Crippen molar-refractivity contribution >= 4 is 23.5 Å². The van der Waals surface area contributed by atoms with Crippen LogP contribution in [0.1, 0.15) is 28.4 Å². The molecule has 0 saturated carbocycles.